The van der Waals surface area contributed by atoms with Crippen LogP contribution < -0.4 is 0 Å². The summed E-state index contributed by atoms with van der Waals surface area (Å²) in [6, 6.07) is 0. The average Bonchev–Trinajstić information content (AvgIpc) is 3.50. The molecule has 1 amide bonds. The Morgan fingerprint density at radius 3 is 1.57 bits per heavy atom. The lowest BCUT2D eigenvalue weighted by Crippen LogP contribution is -2.40. The van der Waals surface area contributed by atoms with Gasteiger partial charge in [-0.3, -0.25) is 4.79 Å². The molecule has 1 aliphatic heterocycles. The Hall–Kier alpha value is -0.216. The number of unbranched alkanes of at least 4 members (excludes halogenated alkanes) is 9. The van der Waals surface area contributed by atoms with Crippen molar-refractivity contribution >= 4 is 22.5 Å². The van der Waals surface area contributed by atoms with Crippen LogP contribution in [-0.4, -0.2) is 66.0 Å². The van der Waals surface area contributed by atoms with E-state index in [-0.39, 0.29) is 5.91 Å². The molecule has 0 N–H and O–H groups in total. The molecule has 35 heavy (non-hydrogen) atoms. The molecule has 7 heteroatoms. The SMILES string of the molecule is CCCCCCCCC1OC1CCCCCCCC(=O)N(CCO[Si](C)(C)C)CCO[Si](C)(C)C. The predicted octanol–water partition coefficient (Wildman–Crippen LogP) is 7.77. The Bertz CT molecular complexity index is 528. The number of ether oxygens (including phenoxy) is 1. The van der Waals surface area contributed by atoms with Gasteiger partial charge in [0.05, 0.1) is 25.4 Å². The summed E-state index contributed by atoms with van der Waals surface area (Å²) in [4.78, 5) is 14.8. The molecule has 0 aromatic carbocycles. The fourth-order valence-corrected chi connectivity index (χ4v) is 5.82. The third kappa shape index (κ3) is 19.5. The van der Waals surface area contributed by atoms with Crippen molar-refractivity contribution in [2.75, 3.05) is 26.3 Å². The Kier molecular flexibility index (Phi) is 17.0. The first-order chi connectivity index (χ1) is 16.5. The Morgan fingerprint density at radius 2 is 1.11 bits per heavy atom. The number of hydrogen-bond donors (Lipinski definition) is 0. The highest BCUT2D eigenvalue weighted by Crippen LogP contribution is 2.31. The summed E-state index contributed by atoms with van der Waals surface area (Å²) in [6.07, 6.45) is 18.3. The molecule has 2 atom stereocenters. The van der Waals surface area contributed by atoms with Gasteiger partial charge in [-0.2, -0.15) is 0 Å². The second kappa shape index (κ2) is 18.1. The van der Waals surface area contributed by atoms with Gasteiger partial charge in [0.1, 0.15) is 0 Å². The van der Waals surface area contributed by atoms with E-state index < -0.39 is 16.6 Å². The molecule has 0 radical (unpaired) electrons. The van der Waals surface area contributed by atoms with Gasteiger partial charge in [0.2, 0.25) is 5.91 Å². The standard InChI is InChI=1S/C28H59NO4Si2/c1-8-9-10-11-13-16-19-26-27(33-26)20-17-14-12-15-18-21-28(30)29(22-24-31-34(2,3)4)23-25-32-35(5,6)7/h26-27H,8-25H2,1-7H3. The van der Waals surface area contributed by atoms with Crippen molar-refractivity contribution in [1.29, 1.82) is 0 Å². The number of rotatable bonds is 23. The molecule has 1 aliphatic rings. The third-order valence-electron chi connectivity index (χ3n) is 6.55. The fraction of sp³-hybridized carbons (Fsp3) is 0.964. The smallest absolute Gasteiger partial charge is 0.222 e. The Balaban J connectivity index is 2.10. The maximum absolute atomic E-state index is 12.9. The highest BCUT2D eigenvalue weighted by atomic mass is 28.4. The van der Waals surface area contributed by atoms with E-state index in [2.05, 4.69) is 46.2 Å². The van der Waals surface area contributed by atoms with E-state index in [0.717, 1.165) is 12.8 Å². The monoisotopic (exact) mass is 529 g/mol. The van der Waals surface area contributed by atoms with E-state index in [1.165, 1.54) is 70.6 Å². The molecule has 0 aromatic rings. The molecule has 0 bridgehead atoms. The van der Waals surface area contributed by atoms with E-state index in [4.69, 9.17) is 13.6 Å². The normalized spacial score (nSPS) is 18.1. The zero-order chi connectivity index (χ0) is 26.2. The van der Waals surface area contributed by atoms with Crippen molar-refractivity contribution < 1.29 is 18.4 Å². The average molecular weight is 530 g/mol. The Morgan fingerprint density at radius 1 is 0.686 bits per heavy atom. The molecule has 1 saturated heterocycles. The van der Waals surface area contributed by atoms with E-state index in [1.54, 1.807) is 0 Å². The van der Waals surface area contributed by atoms with Crippen LogP contribution in [0.2, 0.25) is 39.3 Å². The van der Waals surface area contributed by atoms with Crippen molar-refractivity contribution in [2.24, 2.45) is 0 Å². The highest BCUT2D eigenvalue weighted by Gasteiger charge is 2.36. The fourth-order valence-electron chi connectivity index (χ4n) is 4.41. The summed E-state index contributed by atoms with van der Waals surface area (Å²) in [5.74, 6) is 0.257. The van der Waals surface area contributed by atoms with Gasteiger partial charge in [0.15, 0.2) is 16.6 Å². The summed E-state index contributed by atoms with van der Waals surface area (Å²) in [5.41, 5.74) is 0. The van der Waals surface area contributed by atoms with Gasteiger partial charge in [0, 0.05) is 19.5 Å². The third-order valence-corrected chi connectivity index (χ3v) is 8.69. The van der Waals surface area contributed by atoms with Crippen molar-refractivity contribution in [3.63, 3.8) is 0 Å². The Labute approximate surface area is 220 Å². The molecule has 2 unspecified atom stereocenters. The molecule has 1 rings (SSSR count). The van der Waals surface area contributed by atoms with Crippen molar-refractivity contribution in [1.82, 2.24) is 4.90 Å². The van der Waals surface area contributed by atoms with Gasteiger partial charge in [-0.1, -0.05) is 71.1 Å². The summed E-state index contributed by atoms with van der Waals surface area (Å²) in [6.45, 7) is 18.1. The largest absolute Gasteiger partial charge is 0.416 e. The van der Waals surface area contributed by atoms with Gasteiger partial charge < -0.3 is 18.5 Å². The van der Waals surface area contributed by atoms with Gasteiger partial charge >= 0.3 is 0 Å². The quantitative estimate of drug-likeness (QED) is 0.0770. The number of nitrogens with zero attached hydrogens (tertiary/aromatic N) is 1. The number of amides is 1. The number of carbonyl (C=O) groups is 1. The molecule has 0 saturated carbocycles. The van der Waals surface area contributed by atoms with Gasteiger partial charge in [-0.15, -0.1) is 0 Å². The first-order valence-corrected chi connectivity index (χ1v) is 21.5. The molecule has 1 heterocycles. The lowest BCUT2D eigenvalue weighted by Gasteiger charge is -2.27. The first kappa shape index (κ1) is 32.8. The van der Waals surface area contributed by atoms with Crippen molar-refractivity contribution in [3.05, 3.63) is 0 Å². The van der Waals surface area contributed by atoms with Crippen LogP contribution in [0.15, 0.2) is 0 Å². The maximum Gasteiger partial charge on any atom is 0.222 e. The van der Waals surface area contributed by atoms with E-state index in [1.807, 2.05) is 4.90 Å². The van der Waals surface area contributed by atoms with Crippen LogP contribution in [-0.2, 0) is 18.4 Å². The van der Waals surface area contributed by atoms with E-state index in [9.17, 15) is 4.79 Å². The van der Waals surface area contributed by atoms with Crippen LogP contribution in [0.5, 0.6) is 0 Å². The minimum absolute atomic E-state index is 0.257. The van der Waals surface area contributed by atoms with Crippen LogP contribution in [0.3, 0.4) is 0 Å². The maximum atomic E-state index is 12.9. The summed E-state index contributed by atoms with van der Waals surface area (Å²) in [5, 5.41) is 0. The van der Waals surface area contributed by atoms with Gasteiger partial charge in [0.25, 0.3) is 0 Å². The zero-order valence-corrected chi connectivity index (χ0v) is 26.5. The first-order valence-electron chi connectivity index (χ1n) is 14.7. The van der Waals surface area contributed by atoms with E-state index >= 15 is 0 Å². The molecule has 0 aromatic heterocycles. The number of epoxide rings is 1. The molecular weight excluding hydrogens is 470 g/mol. The molecular formula is C28H59NO4Si2. The highest BCUT2D eigenvalue weighted by molar-refractivity contribution is 6.70. The van der Waals surface area contributed by atoms with Crippen LogP contribution >= 0.6 is 0 Å². The number of hydrogen-bond acceptors (Lipinski definition) is 4. The number of carbonyl (C=O) groups excluding carboxylic acids is 1. The zero-order valence-electron chi connectivity index (χ0n) is 24.5. The molecule has 1 fully saturated rings. The summed E-state index contributed by atoms with van der Waals surface area (Å²) < 4.78 is 17.9. The minimum atomic E-state index is -1.56. The predicted molar refractivity (Wildman–Crippen MR) is 154 cm³/mol. The van der Waals surface area contributed by atoms with Gasteiger partial charge in [-0.25, -0.2) is 0 Å². The lowest BCUT2D eigenvalue weighted by molar-refractivity contribution is -0.132. The molecule has 0 aliphatic carbocycles. The molecule has 208 valence electrons. The van der Waals surface area contributed by atoms with Crippen molar-refractivity contribution in [3.8, 4) is 0 Å². The summed E-state index contributed by atoms with van der Waals surface area (Å²) >= 11 is 0. The van der Waals surface area contributed by atoms with Crippen molar-refractivity contribution in [2.45, 2.75) is 148 Å². The second-order valence-electron chi connectivity index (χ2n) is 12.4. The molecule has 0 spiro atoms. The topological polar surface area (TPSA) is 51.3 Å². The van der Waals surface area contributed by atoms with Crippen LogP contribution in [0.4, 0.5) is 0 Å². The second-order valence-corrected chi connectivity index (χ2v) is 21.4. The molecule has 5 nitrogen and oxygen atoms in total. The van der Waals surface area contributed by atoms with Crippen LogP contribution in [0, 0.1) is 0 Å². The summed E-state index contributed by atoms with van der Waals surface area (Å²) in [7, 11) is -3.11. The van der Waals surface area contributed by atoms with E-state index in [0.29, 0.717) is 44.9 Å². The van der Waals surface area contributed by atoms with Crippen LogP contribution in [0.1, 0.15) is 96.8 Å². The van der Waals surface area contributed by atoms with Gasteiger partial charge in [-0.05, 0) is 58.5 Å². The van der Waals surface area contributed by atoms with Crippen LogP contribution in [0.25, 0.3) is 0 Å². The minimum Gasteiger partial charge on any atom is -0.416 e. The lowest BCUT2D eigenvalue weighted by atomic mass is 10.0.